The van der Waals surface area contributed by atoms with Gasteiger partial charge in [-0.2, -0.15) is 0 Å². The fourth-order valence-electron chi connectivity index (χ4n) is 3.70. The molecule has 6 nitrogen and oxygen atoms in total. The van der Waals surface area contributed by atoms with Crippen LogP contribution in [0.1, 0.15) is 51.3 Å². The summed E-state index contributed by atoms with van der Waals surface area (Å²) in [4.78, 5) is 28.8. The molecule has 6 heteroatoms. The van der Waals surface area contributed by atoms with Gasteiger partial charge in [0.1, 0.15) is 17.2 Å². The van der Waals surface area contributed by atoms with E-state index in [0.717, 1.165) is 18.7 Å². The molecule has 0 aliphatic heterocycles. The molecule has 0 fully saturated rings. The van der Waals surface area contributed by atoms with Crippen LogP contribution in [0.4, 0.5) is 0 Å². The third kappa shape index (κ3) is 3.03. The van der Waals surface area contributed by atoms with Crippen molar-refractivity contribution >= 4 is 11.6 Å². The molecule has 0 unspecified atom stereocenters. The Labute approximate surface area is 165 Å². The van der Waals surface area contributed by atoms with Gasteiger partial charge in [-0.15, -0.1) is 0 Å². The Bertz CT molecular complexity index is 931. The van der Waals surface area contributed by atoms with Crippen molar-refractivity contribution in [3.8, 4) is 17.2 Å². The van der Waals surface area contributed by atoms with Crippen molar-refractivity contribution in [2.45, 2.75) is 20.4 Å². The van der Waals surface area contributed by atoms with Gasteiger partial charge in [-0.25, -0.2) is 0 Å². The lowest BCUT2D eigenvalue weighted by molar-refractivity contribution is 0.0973. The molecule has 2 aromatic carbocycles. The van der Waals surface area contributed by atoms with Crippen molar-refractivity contribution in [3.05, 3.63) is 52.1 Å². The Morgan fingerprint density at radius 3 is 2.07 bits per heavy atom. The maximum atomic E-state index is 13.4. The number of methoxy groups -OCH3 is 3. The second kappa shape index (κ2) is 8.02. The molecule has 0 atom stereocenters. The number of carbonyl (C=O) groups is 2. The predicted octanol–water partition coefficient (Wildman–Crippen LogP) is 3.33. The monoisotopic (exact) mass is 383 g/mol. The first-order valence-electron chi connectivity index (χ1n) is 9.28. The molecular weight excluding hydrogens is 358 g/mol. The van der Waals surface area contributed by atoms with Crippen LogP contribution in [0.5, 0.6) is 17.2 Å². The number of carbonyl (C=O) groups excluding carboxylic acids is 2. The number of hydrogen-bond acceptors (Lipinski definition) is 6. The number of hydrogen-bond donors (Lipinski definition) is 0. The quantitative estimate of drug-likeness (QED) is 0.624. The van der Waals surface area contributed by atoms with Crippen molar-refractivity contribution < 1.29 is 23.8 Å². The molecule has 1 aliphatic rings. The lowest BCUT2D eigenvalue weighted by Gasteiger charge is -2.26. The lowest BCUT2D eigenvalue weighted by atomic mass is 9.81. The minimum Gasteiger partial charge on any atom is -0.496 e. The summed E-state index contributed by atoms with van der Waals surface area (Å²) in [6.45, 7) is 6.35. The van der Waals surface area contributed by atoms with E-state index in [-0.39, 0.29) is 22.7 Å². The summed E-state index contributed by atoms with van der Waals surface area (Å²) in [6, 6.07) is 6.68. The van der Waals surface area contributed by atoms with Crippen LogP contribution in [0, 0.1) is 0 Å². The highest BCUT2D eigenvalue weighted by Gasteiger charge is 2.37. The normalized spacial score (nSPS) is 12.6. The van der Waals surface area contributed by atoms with E-state index in [9.17, 15) is 9.59 Å². The maximum absolute atomic E-state index is 13.4. The molecule has 0 radical (unpaired) electrons. The topological polar surface area (TPSA) is 65.1 Å². The number of ketones is 2. The molecule has 0 saturated heterocycles. The summed E-state index contributed by atoms with van der Waals surface area (Å²) < 4.78 is 16.6. The number of rotatable bonds is 7. The summed E-state index contributed by atoms with van der Waals surface area (Å²) in [5.41, 5.74) is 1.93. The largest absolute Gasteiger partial charge is 0.496 e. The van der Waals surface area contributed by atoms with Crippen molar-refractivity contribution in [2.24, 2.45) is 0 Å². The fraction of sp³-hybridized carbons (Fsp3) is 0.364. The van der Waals surface area contributed by atoms with Gasteiger partial charge in [0.05, 0.1) is 38.0 Å². The Balaban J connectivity index is 2.29. The predicted molar refractivity (Wildman–Crippen MR) is 106 cm³/mol. The lowest BCUT2D eigenvalue weighted by Crippen LogP contribution is -2.26. The second-order valence-corrected chi connectivity index (χ2v) is 6.52. The smallest absolute Gasteiger partial charge is 0.202 e. The van der Waals surface area contributed by atoms with E-state index < -0.39 is 0 Å². The van der Waals surface area contributed by atoms with Crippen LogP contribution in [-0.4, -0.2) is 50.9 Å². The van der Waals surface area contributed by atoms with Gasteiger partial charge in [0, 0.05) is 17.7 Å². The van der Waals surface area contributed by atoms with Gasteiger partial charge in [0.15, 0.2) is 5.78 Å². The average Bonchev–Trinajstić information content (AvgIpc) is 2.74. The Hall–Kier alpha value is -2.86. The third-order valence-corrected chi connectivity index (χ3v) is 5.23. The van der Waals surface area contributed by atoms with Gasteiger partial charge in [-0.05, 0) is 25.2 Å². The van der Waals surface area contributed by atoms with E-state index in [0.29, 0.717) is 34.9 Å². The molecule has 0 amide bonds. The highest BCUT2D eigenvalue weighted by molar-refractivity contribution is 6.30. The summed E-state index contributed by atoms with van der Waals surface area (Å²) in [5, 5.41) is 0. The Morgan fingerprint density at radius 1 is 0.821 bits per heavy atom. The van der Waals surface area contributed by atoms with Gasteiger partial charge in [0.2, 0.25) is 5.78 Å². The first-order valence-corrected chi connectivity index (χ1v) is 9.28. The Morgan fingerprint density at radius 2 is 1.50 bits per heavy atom. The molecule has 0 aromatic heterocycles. The number of benzene rings is 2. The molecule has 148 valence electrons. The zero-order valence-electron chi connectivity index (χ0n) is 16.9. The van der Waals surface area contributed by atoms with Gasteiger partial charge in [0.25, 0.3) is 0 Å². The third-order valence-electron chi connectivity index (χ3n) is 5.23. The van der Waals surface area contributed by atoms with E-state index >= 15 is 0 Å². The molecule has 2 aromatic rings. The van der Waals surface area contributed by atoms with Crippen molar-refractivity contribution in [2.75, 3.05) is 34.4 Å². The minimum absolute atomic E-state index is 0.241. The van der Waals surface area contributed by atoms with Gasteiger partial charge >= 0.3 is 0 Å². The van der Waals surface area contributed by atoms with Crippen LogP contribution in [0.3, 0.4) is 0 Å². The van der Waals surface area contributed by atoms with Gasteiger partial charge in [-0.1, -0.05) is 26.0 Å². The number of ether oxygens (including phenoxy) is 3. The van der Waals surface area contributed by atoms with Crippen LogP contribution in [0.15, 0.2) is 24.3 Å². The van der Waals surface area contributed by atoms with Crippen molar-refractivity contribution in [1.29, 1.82) is 0 Å². The average molecular weight is 383 g/mol. The van der Waals surface area contributed by atoms with E-state index in [1.807, 2.05) is 0 Å². The zero-order chi connectivity index (χ0) is 20.4. The second-order valence-electron chi connectivity index (χ2n) is 6.52. The molecular formula is C22H25NO5. The standard InChI is InChI=1S/C22H25NO5/c1-6-23(7-2)12-15-17(27-4)11-14-19(22(15)28-5)21(25)18-13(20(14)24)9-8-10-16(18)26-3/h8-11H,6-7,12H2,1-5H3. The van der Waals surface area contributed by atoms with Crippen LogP contribution < -0.4 is 14.2 Å². The van der Waals surface area contributed by atoms with E-state index in [1.54, 1.807) is 31.4 Å². The maximum Gasteiger partial charge on any atom is 0.202 e. The first-order chi connectivity index (χ1) is 13.5. The molecule has 1 aliphatic carbocycles. The number of nitrogens with zero attached hydrogens (tertiary/aromatic N) is 1. The van der Waals surface area contributed by atoms with Crippen molar-refractivity contribution in [1.82, 2.24) is 4.90 Å². The van der Waals surface area contributed by atoms with Crippen molar-refractivity contribution in [3.63, 3.8) is 0 Å². The van der Waals surface area contributed by atoms with E-state index in [1.165, 1.54) is 14.2 Å². The molecule has 0 heterocycles. The SMILES string of the molecule is CCN(CC)Cc1c(OC)cc2c(c1OC)C(=O)c1c(OC)cccc1C2=O. The number of fused-ring (bicyclic) bond motifs is 2. The molecule has 0 bridgehead atoms. The van der Waals surface area contributed by atoms with Gasteiger partial charge in [-0.3, -0.25) is 14.5 Å². The highest BCUT2D eigenvalue weighted by atomic mass is 16.5. The summed E-state index contributed by atoms with van der Waals surface area (Å²) >= 11 is 0. The molecule has 0 saturated carbocycles. The summed E-state index contributed by atoms with van der Waals surface area (Å²) in [5.74, 6) is 0.785. The van der Waals surface area contributed by atoms with Crippen LogP contribution in [0.25, 0.3) is 0 Å². The van der Waals surface area contributed by atoms with E-state index in [2.05, 4.69) is 18.7 Å². The fourth-order valence-corrected chi connectivity index (χ4v) is 3.70. The summed E-state index contributed by atoms with van der Waals surface area (Å²) in [7, 11) is 4.55. The Kier molecular flexibility index (Phi) is 5.70. The molecule has 0 spiro atoms. The minimum atomic E-state index is -0.276. The molecule has 0 N–H and O–H groups in total. The molecule has 28 heavy (non-hydrogen) atoms. The van der Waals surface area contributed by atoms with E-state index in [4.69, 9.17) is 14.2 Å². The molecule has 3 rings (SSSR count). The van der Waals surface area contributed by atoms with Crippen LogP contribution in [0.2, 0.25) is 0 Å². The van der Waals surface area contributed by atoms with Crippen LogP contribution >= 0.6 is 0 Å². The highest BCUT2D eigenvalue weighted by Crippen LogP contribution is 2.42. The zero-order valence-corrected chi connectivity index (χ0v) is 16.9. The summed E-state index contributed by atoms with van der Waals surface area (Å²) in [6.07, 6.45) is 0. The first kappa shape index (κ1) is 19.9. The van der Waals surface area contributed by atoms with Gasteiger partial charge < -0.3 is 14.2 Å². The van der Waals surface area contributed by atoms with Crippen LogP contribution in [-0.2, 0) is 6.54 Å².